The minimum absolute atomic E-state index is 0.0462. The molecule has 6 heteroatoms. The lowest BCUT2D eigenvalue weighted by atomic mass is 10.2. The summed E-state index contributed by atoms with van der Waals surface area (Å²) >= 11 is 0. The number of aromatic nitrogens is 2. The van der Waals surface area contributed by atoms with Crippen LogP contribution >= 0.6 is 0 Å². The van der Waals surface area contributed by atoms with Crippen molar-refractivity contribution in [3.05, 3.63) is 11.8 Å². The maximum absolute atomic E-state index is 12.3. The van der Waals surface area contributed by atoms with Crippen LogP contribution in [-0.4, -0.2) is 46.9 Å². The van der Waals surface area contributed by atoms with Crippen LogP contribution in [0.1, 0.15) is 23.2 Å². The first-order valence-electron chi connectivity index (χ1n) is 5.72. The van der Waals surface area contributed by atoms with Crippen molar-refractivity contribution in [2.24, 2.45) is 7.05 Å². The molecule has 2 rings (SSSR count). The van der Waals surface area contributed by atoms with Crippen molar-refractivity contribution in [2.75, 3.05) is 26.0 Å². The van der Waals surface area contributed by atoms with Crippen LogP contribution in [0.15, 0.2) is 6.20 Å². The Morgan fingerprint density at radius 2 is 2.41 bits per heavy atom. The fourth-order valence-electron chi connectivity index (χ4n) is 1.79. The third-order valence-electron chi connectivity index (χ3n) is 3.00. The predicted octanol–water partition coefficient (Wildman–Crippen LogP) is 0.253. The number of rotatable bonds is 5. The van der Waals surface area contributed by atoms with Gasteiger partial charge in [-0.05, 0) is 12.8 Å². The van der Waals surface area contributed by atoms with Gasteiger partial charge in [0.25, 0.3) is 5.91 Å². The van der Waals surface area contributed by atoms with Crippen LogP contribution in [0.5, 0.6) is 0 Å². The van der Waals surface area contributed by atoms with Gasteiger partial charge in [-0.2, -0.15) is 5.10 Å². The van der Waals surface area contributed by atoms with Crippen molar-refractivity contribution >= 4 is 11.7 Å². The van der Waals surface area contributed by atoms with Gasteiger partial charge in [0, 0.05) is 26.7 Å². The molecule has 1 aliphatic rings. The number of methoxy groups -OCH3 is 1. The standard InChI is InChI=1S/C11H18N4O2/c1-14-10(12)9(7-13-14)11(16)15(5-6-17-2)8-3-4-8/h7-8H,3-6,12H2,1-2H3. The Morgan fingerprint density at radius 3 is 2.88 bits per heavy atom. The molecule has 0 spiro atoms. The van der Waals surface area contributed by atoms with Gasteiger partial charge in [-0.1, -0.05) is 0 Å². The van der Waals surface area contributed by atoms with Gasteiger partial charge in [0.2, 0.25) is 0 Å². The van der Waals surface area contributed by atoms with Crippen LogP contribution in [0.4, 0.5) is 5.82 Å². The summed E-state index contributed by atoms with van der Waals surface area (Å²) in [6.07, 6.45) is 3.66. The number of anilines is 1. The van der Waals surface area contributed by atoms with Gasteiger partial charge in [-0.3, -0.25) is 9.48 Å². The number of hydrogen-bond donors (Lipinski definition) is 1. The van der Waals surface area contributed by atoms with E-state index < -0.39 is 0 Å². The Hall–Kier alpha value is -1.56. The van der Waals surface area contributed by atoms with Crippen LogP contribution < -0.4 is 5.73 Å². The zero-order valence-corrected chi connectivity index (χ0v) is 10.2. The SMILES string of the molecule is COCCN(C(=O)c1cnn(C)c1N)C1CC1. The molecule has 0 aromatic carbocycles. The van der Waals surface area contributed by atoms with E-state index in [1.165, 1.54) is 10.9 Å². The van der Waals surface area contributed by atoms with E-state index in [1.54, 1.807) is 14.2 Å². The molecule has 17 heavy (non-hydrogen) atoms. The highest BCUT2D eigenvalue weighted by molar-refractivity contribution is 5.98. The average molecular weight is 238 g/mol. The van der Waals surface area contributed by atoms with E-state index in [9.17, 15) is 4.79 Å². The van der Waals surface area contributed by atoms with Gasteiger partial charge in [0.1, 0.15) is 11.4 Å². The quantitative estimate of drug-likeness (QED) is 0.798. The minimum Gasteiger partial charge on any atom is -0.383 e. The highest BCUT2D eigenvalue weighted by atomic mass is 16.5. The monoisotopic (exact) mass is 238 g/mol. The van der Waals surface area contributed by atoms with E-state index in [-0.39, 0.29) is 5.91 Å². The third-order valence-corrected chi connectivity index (χ3v) is 3.00. The van der Waals surface area contributed by atoms with Crippen molar-refractivity contribution in [1.29, 1.82) is 0 Å². The predicted molar refractivity (Wildman–Crippen MR) is 63.6 cm³/mol. The van der Waals surface area contributed by atoms with Crippen LogP contribution in [0.2, 0.25) is 0 Å². The van der Waals surface area contributed by atoms with E-state index >= 15 is 0 Å². The molecule has 1 amide bonds. The number of nitrogens with two attached hydrogens (primary N) is 1. The molecule has 0 bridgehead atoms. The first kappa shape index (κ1) is 11.9. The van der Waals surface area contributed by atoms with Crippen LogP contribution in [0.3, 0.4) is 0 Å². The second kappa shape index (κ2) is 4.75. The largest absolute Gasteiger partial charge is 0.383 e. The van der Waals surface area contributed by atoms with Gasteiger partial charge in [0.15, 0.2) is 0 Å². The van der Waals surface area contributed by atoms with Crippen LogP contribution in [0, 0.1) is 0 Å². The van der Waals surface area contributed by atoms with Gasteiger partial charge in [0.05, 0.1) is 12.8 Å². The lowest BCUT2D eigenvalue weighted by molar-refractivity contribution is 0.0681. The van der Waals surface area contributed by atoms with Crippen LogP contribution in [-0.2, 0) is 11.8 Å². The highest BCUT2D eigenvalue weighted by Crippen LogP contribution is 2.28. The Balaban J connectivity index is 2.13. The molecular weight excluding hydrogens is 220 g/mol. The molecule has 2 N–H and O–H groups in total. The molecule has 1 aromatic rings. The molecule has 1 aliphatic carbocycles. The average Bonchev–Trinajstić information content (AvgIpc) is 3.08. The molecule has 94 valence electrons. The third kappa shape index (κ3) is 2.41. The molecule has 1 saturated carbocycles. The van der Waals surface area contributed by atoms with E-state index in [1.807, 2.05) is 4.90 Å². The summed E-state index contributed by atoms with van der Waals surface area (Å²) in [5.74, 6) is 0.369. The summed E-state index contributed by atoms with van der Waals surface area (Å²) in [5, 5.41) is 3.99. The second-order valence-electron chi connectivity index (χ2n) is 4.29. The number of hydrogen-bond acceptors (Lipinski definition) is 4. The van der Waals surface area contributed by atoms with E-state index in [0.717, 1.165) is 12.8 Å². The van der Waals surface area contributed by atoms with Gasteiger partial charge in [-0.25, -0.2) is 0 Å². The fourth-order valence-corrected chi connectivity index (χ4v) is 1.79. The Morgan fingerprint density at radius 1 is 1.71 bits per heavy atom. The molecule has 1 heterocycles. The number of ether oxygens (including phenoxy) is 1. The van der Waals surface area contributed by atoms with Crippen molar-refractivity contribution in [3.63, 3.8) is 0 Å². The minimum atomic E-state index is -0.0462. The first-order chi connectivity index (χ1) is 8.15. The molecule has 0 radical (unpaired) electrons. The fraction of sp³-hybridized carbons (Fsp3) is 0.636. The molecule has 0 aliphatic heterocycles. The molecule has 1 aromatic heterocycles. The maximum Gasteiger partial charge on any atom is 0.259 e. The van der Waals surface area contributed by atoms with Gasteiger partial charge >= 0.3 is 0 Å². The molecular formula is C11H18N4O2. The number of aryl methyl sites for hydroxylation is 1. The summed E-state index contributed by atoms with van der Waals surface area (Å²) in [5.41, 5.74) is 6.29. The Bertz CT molecular complexity index is 412. The number of nitrogen functional groups attached to an aromatic ring is 1. The number of carbonyl (C=O) groups excluding carboxylic acids is 1. The zero-order valence-electron chi connectivity index (χ0n) is 10.2. The molecule has 0 atom stereocenters. The summed E-state index contributed by atoms with van der Waals surface area (Å²) in [6, 6.07) is 0.345. The van der Waals surface area contributed by atoms with Gasteiger partial charge < -0.3 is 15.4 Å². The van der Waals surface area contributed by atoms with E-state index in [0.29, 0.717) is 30.6 Å². The molecule has 0 unspecified atom stereocenters. The van der Waals surface area contributed by atoms with E-state index in [2.05, 4.69) is 5.10 Å². The number of nitrogens with zero attached hydrogens (tertiary/aromatic N) is 3. The molecule has 1 fully saturated rings. The first-order valence-corrected chi connectivity index (χ1v) is 5.72. The number of carbonyl (C=O) groups is 1. The summed E-state index contributed by atoms with van der Waals surface area (Å²) in [7, 11) is 3.36. The van der Waals surface area contributed by atoms with Crippen LogP contribution in [0.25, 0.3) is 0 Å². The Labute approximate surface area is 100 Å². The normalized spacial score (nSPS) is 14.9. The number of amides is 1. The van der Waals surface area contributed by atoms with E-state index in [4.69, 9.17) is 10.5 Å². The zero-order chi connectivity index (χ0) is 12.4. The van der Waals surface area contributed by atoms with Gasteiger partial charge in [-0.15, -0.1) is 0 Å². The molecule has 0 saturated heterocycles. The highest BCUT2D eigenvalue weighted by Gasteiger charge is 2.34. The lowest BCUT2D eigenvalue weighted by Gasteiger charge is -2.21. The van der Waals surface area contributed by atoms with Crippen molar-refractivity contribution in [2.45, 2.75) is 18.9 Å². The molecule has 6 nitrogen and oxygen atoms in total. The summed E-state index contributed by atoms with van der Waals surface area (Å²) in [4.78, 5) is 14.1. The smallest absolute Gasteiger partial charge is 0.259 e. The Kier molecular flexibility index (Phi) is 3.33. The summed E-state index contributed by atoms with van der Waals surface area (Å²) < 4.78 is 6.53. The lowest BCUT2D eigenvalue weighted by Crippen LogP contribution is -2.36. The van der Waals surface area contributed by atoms with Crippen molar-refractivity contribution in [1.82, 2.24) is 14.7 Å². The topological polar surface area (TPSA) is 73.4 Å². The second-order valence-corrected chi connectivity index (χ2v) is 4.29. The maximum atomic E-state index is 12.3. The summed E-state index contributed by atoms with van der Waals surface area (Å²) in [6.45, 7) is 1.15. The van der Waals surface area contributed by atoms with Crippen molar-refractivity contribution in [3.8, 4) is 0 Å². The van der Waals surface area contributed by atoms with Crippen molar-refractivity contribution < 1.29 is 9.53 Å².